The van der Waals surface area contributed by atoms with Gasteiger partial charge < -0.3 is 4.74 Å². The molecule has 1 saturated carbocycles. The van der Waals surface area contributed by atoms with Crippen molar-refractivity contribution in [2.45, 2.75) is 53.6 Å². The van der Waals surface area contributed by atoms with Gasteiger partial charge in [0, 0.05) is 24.8 Å². The second-order valence-electron chi connectivity index (χ2n) is 6.45. The molecule has 0 amide bonds. The summed E-state index contributed by atoms with van der Waals surface area (Å²) < 4.78 is 5.42. The van der Waals surface area contributed by atoms with Crippen LogP contribution in [0.4, 0.5) is 0 Å². The number of hydrogen-bond acceptors (Lipinski definition) is 3. The van der Waals surface area contributed by atoms with Crippen molar-refractivity contribution in [3.8, 4) is 0 Å². The number of hydrogen-bond donors (Lipinski definition) is 0. The molecule has 0 heterocycles. The molecule has 2 aliphatic carbocycles. The Hall–Kier alpha value is -1.38. The van der Waals surface area contributed by atoms with Gasteiger partial charge in [-0.15, -0.1) is 0 Å². The third-order valence-corrected chi connectivity index (χ3v) is 4.62. The van der Waals surface area contributed by atoms with Crippen LogP contribution in [0.1, 0.15) is 47.5 Å². The lowest BCUT2D eigenvalue weighted by Crippen LogP contribution is -2.40. The molecule has 4 atom stereocenters. The molecule has 2 aliphatic rings. The summed E-state index contributed by atoms with van der Waals surface area (Å²) in [5.41, 5.74) is 3.17. The Balaban J connectivity index is 2.37. The molecule has 3 heteroatoms. The molecule has 1 fully saturated rings. The van der Waals surface area contributed by atoms with E-state index in [0.717, 1.165) is 23.1 Å². The molecule has 0 aromatic carbocycles. The Kier molecular flexibility index (Phi) is 4.17. The van der Waals surface area contributed by atoms with E-state index in [1.807, 2.05) is 20.8 Å². The smallest absolute Gasteiger partial charge is 0.303 e. The van der Waals surface area contributed by atoms with Gasteiger partial charge >= 0.3 is 5.97 Å². The number of carbonyl (C=O) groups excluding carboxylic acids is 2. The summed E-state index contributed by atoms with van der Waals surface area (Å²) in [6.45, 7) is 9.62. The largest absolute Gasteiger partial charge is 0.458 e. The zero-order valence-corrected chi connectivity index (χ0v) is 13.0. The maximum absolute atomic E-state index is 12.3. The summed E-state index contributed by atoms with van der Waals surface area (Å²) in [4.78, 5) is 23.5. The first-order valence-corrected chi connectivity index (χ1v) is 7.37. The fourth-order valence-electron chi connectivity index (χ4n) is 3.67. The lowest BCUT2D eigenvalue weighted by Gasteiger charge is -2.42. The van der Waals surface area contributed by atoms with Gasteiger partial charge in [-0.25, -0.2) is 0 Å². The number of Topliss-reactive ketones (excluding diaryl/α,β-unsaturated/α-hetero) is 1. The predicted octanol–water partition coefficient (Wildman–Crippen LogP) is 3.45. The zero-order valence-electron chi connectivity index (χ0n) is 13.0. The van der Waals surface area contributed by atoms with Gasteiger partial charge in [0.15, 0.2) is 5.78 Å². The summed E-state index contributed by atoms with van der Waals surface area (Å²) in [5.74, 6) is 0.989. The molecule has 0 bridgehead atoms. The second-order valence-corrected chi connectivity index (χ2v) is 6.45. The van der Waals surface area contributed by atoms with E-state index in [0.29, 0.717) is 18.3 Å². The first kappa shape index (κ1) is 15.0. The zero-order chi connectivity index (χ0) is 15.0. The molecule has 3 nitrogen and oxygen atoms in total. The highest BCUT2D eigenvalue weighted by Crippen LogP contribution is 2.45. The van der Waals surface area contributed by atoms with Crippen LogP contribution in [0.25, 0.3) is 0 Å². The second kappa shape index (κ2) is 5.55. The molecule has 110 valence electrons. The molecule has 0 N–H and O–H groups in total. The Labute approximate surface area is 121 Å². The highest BCUT2D eigenvalue weighted by molar-refractivity contribution is 5.98. The third-order valence-electron chi connectivity index (χ3n) is 4.62. The van der Waals surface area contributed by atoms with Crippen molar-refractivity contribution >= 4 is 11.8 Å². The van der Waals surface area contributed by atoms with Crippen LogP contribution < -0.4 is 0 Å². The van der Waals surface area contributed by atoms with Crippen LogP contribution in [0, 0.1) is 17.8 Å². The molecule has 0 spiro atoms. The first-order valence-electron chi connectivity index (χ1n) is 7.37. The van der Waals surface area contributed by atoms with Crippen LogP contribution in [-0.2, 0) is 14.3 Å². The average Bonchev–Trinajstić information content (AvgIpc) is 2.30. The van der Waals surface area contributed by atoms with Crippen molar-refractivity contribution in [2.75, 3.05) is 0 Å². The van der Waals surface area contributed by atoms with Crippen LogP contribution in [0.2, 0.25) is 0 Å². The van der Waals surface area contributed by atoms with Crippen molar-refractivity contribution in [3.63, 3.8) is 0 Å². The minimum absolute atomic E-state index is 0.122. The van der Waals surface area contributed by atoms with Crippen LogP contribution in [0.15, 0.2) is 22.8 Å². The Morgan fingerprint density at radius 3 is 2.50 bits per heavy atom. The van der Waals surface area contributed by atoms with Crippen molar-refractivity contribution in [1.82, 2.24) is 0 Å². The minimum atomic E-state index is -0.233. The molecule has 0 aromatic heterocycles. The fraction of sp³-hybridized carbons (Fsp3) is 0.647. The molecular weight excluding hydrogens is 252 g/mol. The van der Waals surface area contributed by atoms with E-state index in [1.54, 1.807) is 0 Å². The molecule has 4 unspecified atom stereocenters. The topological polar surface area (TPSA) is 43.4 Å². The van der Waals surface area contributed by atoms with Crippen LogP contribution in [0.3, 0.4) is 0 Å². The van der Waals surface area contributed by atoms with Gasteiger partial charge in [-0.1, -0.05) is 18.6 Å². The lowest BCUT2D eigenvalue weighted by atomic mass is 9.63. The number of rotatable bonds is 1. The number of fused-ring (bicyclic) bond motifs is 1. The highest BCUT2D eigenvalue weighted by Gasteiger charge is 2.42. The van der Waals surface area contributed by atoms with E-state index in [4.69, 9.17) is 4.74 Å². The van der Waals surface area contributed by atoms with E-state index < -0.39 is 0 Å². The van der Waals surface area contributed by atoms with Gasteiger partial charge in [-0.3, -0.25) is 9.59 Å². The quantitative estimate of drug-likeness (QED) is 0.418. The predicted molar refractivity (Wildman–Crippen MR) is 78.1 cm³/mol. The lowest BCUT2D eigenvalue weighted by molar-refractivity contribution is -0.146. The van der Waals surface area contributed by atoms with Crippen molar-refractivity contribution in [2.24, 2.45) is 17.8 Å². The number of ketones is 1. The van der Waals surface area contributed by atoms with Crippen molar-refractivity contribution < 1.29 is 14.3 Å². The van der Waals surface area contributed by atoms with Gasteiger partial charge in [0.1, 0.15) is 6.10 Å². The Bertz CT molecular complexity index is 494. The van der Waals surface area contributed by atoms with E-state index in [2.05, 4.69) is 13.0 Å². The Morgan fingerprint density at radius 1 is 1.30 bits per heavy atom. The average molecular weight is 276 g/mol. The van der Waals surface area contributed by atoms with Gasteiger partial charge in [0.25, 0.3) is 0 Å². The van der Waals surface area contributed by atoms with Gasteiger partial charge in [-0.05, 0) is 44.6 Å². The number of esters is 1. The van der Waals surface area contributed by atoms with Gasteiger partial charge in [0.2, 0.25) is 0 Å². The number of carbonyl (C=O) groups is 2. The molecule has 20 heavy (non-hydrogen) atoms. The normalized spacial score (nSPS) is 33.4. The first-order chi connectivity index (χ1) is 9.31. The Morgan fingerprint density at radius 2 is 1.95 bits per heavy atom. The summed E-state index contributed by atoms with van der Waals surface area (Å²) in [6.07, 6.45) is 3.47. The number of ether oxygens (including phenoxy) is 1. The third kappa shape index (κ3) is 2.72. The van der Waals surface area contributed by atoms with E-state index in [-0.39, 0.29) is 23.8 Å². The molecular formula is C17H24O3. The molecule has 0 saturated heterocycles. The van der Waals surface area contributed by atoms with E-state index in [1.165, 1.54) is 6.92 Å². The molecule has 0 aliphatic heterocycles. The summed E-state index contributed by atoms with van der Waals surface area (Å²) >= 11 is 0. The molecule has 0 aromatic rings. The maximum Gasteiger partial charge on any atom is 0.303 e. The van der Waals surface area contributed by atoms with Crippen molar-refractivity contribution in [3.05, 3.63) is 22.8 Å². The molecule has 0 radical (unpaired) electrons. The monoisotopic (exact) mass is 276 g/mol. The summed E-state index contributed by atoms with van der Waals surface area (Å²) in [7, 11) is 0. The minimum Gasteiger partial charge on any atom is -0.458 e. The van der Waals surface area contributed by atoms with Crippen LogP contribution in [-0.4, -0.2) is 17.9 Å². The van der Waals surface area contributed by atoms with E-state index in [9.17, 15) is 9.59 Å². The van der Waals surface area contributed by atoms with Gasteiger partial charge in [0.05, 0.1) is 0 Å². The number of allylic oxidation sites excluding steroid dienone is 3. The van der Waals surface area contributed by atoms with Crippen LogP contribution >= 0.6 is 0 Å². The van der Waals surface area contributed by atoms with Crippen molar-refractivity contribution in [1.29, 1.82) is 0 Å². The molecule has 2 rings (SSSR count). The SMILES string of the molecule is CC(=O)OC1CC2C(C)CC(=O)C(=C(C)C)C2C=C1C. The highest BCUT2D eigenvalue weighted by atomic mass is 16.5. The summed E-state index contributed by atoms with van der Waals surface area (Å²) in [6, 6.07) is 0. The standard InChI is InChI=1S/C17H24O3/c1-9(2)17-14-6-11(4)16(20-12(5)18)8-13(14)10(3)7-15(17)19/h6,10,13-14,16H,7-8H2,1-5H3. The van der Waals surface area contributed by atoms with E-state index >= 15 is 0 Å². The van der Waals surface area contributed by atoms with Gasteiger partial charge in [-0.2, -0.15) is 0 Å². The maximum atomic E-state index is 12.3. The van der Waals surface area contributed by atoms with Crippen LogP contribution in [0.5, 0.6) is 0 Å². The summed E-state index contributed by atoms with van der Waals surface area (Å²) in [5, 5.41) is 0. The fourth-order valence-corrected chi connectivity index (χ4v) is 3.67.